The van der Waals surface area contributed by atoms with Gasteiger partial charge in [-0.1, -0.05) is 73.5 Å². The van der Waals surface area contributed by atoms with Gasteiger partial charge >= 0.3 is 11.9 Å². The van der Waals surface area contributed by atoms with E-state index in [9.17, 15) is 14.4 Å². The fourth-order valence-corrected chi connectivity index (χ4v) is 4.90. The smallest absolute Gasteiger partial charge is 0.313 e. The van der Waals surface area contributed by atoms with Crippen LogP contribution in [-0.4, -0.2) is 46.8 Å². The van der Waals surface area contributed by atoms with Crippen LogP contribution in [0.5, 0.6) is 0 Å². The molecule has 3 aromatic rings. The molecule has 42 heavy (non-hydrogen) atoms. The standard InChI is InChI=1S/C13H11Cl2NO2S.C7H5Cl2NS.C6H9ClO3.2CH4/c1-2-18-12(17)6-9-7-19-13(16-9)10-4-3-8(14)5-11(10)15;8-4-1-2-5(7(10)11)6(9)3-4;1-2-10-6(9)3-5(8)4-7;;/h3-5,7H,2,6H2,1H3;1-3H,(H2,10,11);2-4H2,1H3;2*1H4. The number of nitrogens with two attached hydrogens (primary N) is 1. The highest BCUT2D eigenvalue weighted by Gasteiger charge is 2.12. The van der Waals surface area contributed by atoms with Crippen LogP contribution in [0.25, 0.3) is 10.6 Å². The number of aromatic nitrogens is 1. The molecule has 0 aliphatic rings. The van der Waals surface area contributed by atoms with E-state index in [1.807, 2.05) is 11.4 Å². The zero-order valence-corrected chi connectivity index (χ0v) is 26.8. The molecule has 0 aliphatic carbocycles. The number of nitrogens with zero attached hydrogens (tertiary/aromatic N) is 1. The second kappa shape index (κ2) is 22.5. The quantitative estimate of drug-likeness (QED) is 0.101. The molecular weight excluding hydrogens is 686 g/mol. The van der Waals surface area contributed by atoms with Crippen molar-refractivity contribution in [3.63, 3.8) is 0 Å². The first-order valence-electron chi connectivity index (χ1n) is 11.4. The minimum Gasteiger partial charge on any atom is -0.466 e. The van der Waals surface area contributed by atoms with Gasteiger partial charge in [0.2, 0.25) is 0 Å². The van der Waals surface area contributed by atoms with Crippen molar-refractivity contribution >= 4 is 104 Å². The van der Waals surface area contributed by atoms with Crippen LogP contribution in [0.2, 0.25) is 20.1 Å². The first-order chi connectivity index (χ1) is 18.9. The van der Waals surface area contributed by atoms with Gasteiger partial charge < -0.3 is 15.2 Å². The van der Waals surface area contributed by atoms with E-state index in [0.29, 0.717) is 44.6 Å². The lowest BCUT2D eigenvalue weighted by Crippen LogP contribution is -2.11. The maximum absolute atomic E-state index is 11.4. The third-order valence-electron chi connectivity index (χ3n) is 4.34. The highest BCUT2D eigenvalue weighted by molar-refractivity contribution is 7.80. The summed E-state index contributed by atoms with van der Waals surface area (Å²) in [4.78, 5) is 37.0. The van der Waals surface area contributed by atoms with Crippen LogP contribution < -0.4 is 5.73 Å². The van der Waals surface area contributed by atoms with Crippen molar-refractivity contribution in [3.05, 3.63) is 73.1 Å². The fourth-order valence-electron chi connectivity index (χ4n) is 2.64. The van der Waals surface area contributed by atoms with Gasteiger partial charge in [-0.25, -0.2) is 4.98 Å². The molecule has 0 aliphatic heterocycles. The monoisotopic (exact) mass is 716 g/mol. The number of carbonyl (C=O) groups is 3. The Balaban J connectivity index is 0. The molecule has 0 saturated heterocycles. The average Bonchev–Trinajstić information content (AvgIpc) is 3.32. The van der Waals surface area contributed by atoms with Crippen molar-refractivity contribution in [1.29, 1.82) is 0 Å². The third-order valence-corrected chi connectivity index (χ3v) is 6.87. The second-order valence-electron chi connectivity index (χ2n) is 7.39. The Morgan fingerprint density at radius 2 is 1.45 bits per heavy atom. The molecule has 7 nitrogen and oxygen atoms in total. The molecule has 0 bridgehead atoms. The molecular formula is C28H33Cl5N2O5S2. The fraction of sp³-hybridized carbons (Fsp3) is 0.321. The summed E-state index contributed by atoms with van der Waals surface area (Å²) in [5.74, 6) is -1.21. The number of thiazole rings is 1. The first kappa shape index (κ1) is 42.2. The lowest BCUT2D eigenvalue weighted by atomic mass is 10.2. The van der Waals surface area contributed by atoms with Crippen molar-refractivity contribution < 1.29 is 23.9 Å². The van der Waals surface area contributed by atoms with E-state index in [2.05, 4.69) is 9.72 Å². The molecule has 1 heterocycles. The van der Waals surface area contributed by atoms with Gasteiger partial charge in [-0.15, -0.1) is 22.9 Å². The van der Waals surface area contributed by atoms with Crippen molar-refractivity contribution in [2.45, 2.75) is 41.5 Å². The number of ether oxygens (including phenoxy) is 2. The largest absolute Gasteiger partial charge is 0.466 e. The van der Waals surface area contributed by atoms with E-state index in [1.54, 1.807) is 44.2 Å². The Morgan fingerprint density at radius 3 is 1.95 bits per heavy atom. The minimum absolute atomic E-state index is 0. The summed E-state index contributed by atoms with van der Waals surface area (Å²) in [5, 5.41) is 4.79. The van der Waals surface area contributed by atoms with Crippen LogP contribution in [0.15, 0.2) is 41.8 Å². The van der Waals surface area contributed by atoms with E-state index >= 15 is 0 Å². The number of benzene rings is 2. The van der Waals surface area contributed by atoms with Gasteiger partial charge in [-0.2, -0.15) is 0 Å². The maximum Gasteiger partial charge on any atom is 0.313 e. The summed E-state index contributed by atoms with van der Waals surface area (Å²) in [6.45, 7) is 4.13. The summed E-state index contributed by atoms with van der Waals surface area (Å²) < 4.78 is 9.38. The molecule has 0 fully saturated rings. The average molecular weight is 719 g/mol. The summed E-state index contributed by atoms with van der Waals surface area (Å²) in [6, 6.07) is 10.3. The van der Waals surface area contributed by atoms with Crippen LogP contribution in [0, 0.1) is 0 Å². The molecule has 2 N–H and O–H groups in total. The number of rotatable bonds is 9. The molecule has 0 atom stereocenters. The molecule has 232 valence electrons. The molecule has 0 amide bonds. The third kappa shape index (κ3) is 16.0. The molecule has 1 aromatic heterocycles. The van der Waals surface area contributed by atoms with E-state index < -0.39 is 5.97 Å². The molecule has 3 rings (SSSR count). The lowest BCUT2D eigenvalue weighted by Gasteiger charge is -2.01. The maximum atomic E-state index is 11.4. The van der Waals surface area contributed by atoms with Crippen molar-refractivity contribution in [2.24, 2.45) is 5.73 Å². The van der Waals surface area contributed by atoms with E-state index in [4.69, 9.17) is 80.7 Å². The molecule has 0 spiro atoms. The Bertz CT molecular complexity index is 1320. The highest BCUT2D eigenvalue weighted by Crippen LogP contribution is 2.32. The van der Waals surface area contributed by atoms with Gasteiger partial charge in [0.25, 0.3) is 0 Å². The Hall–Kier alpha value is -1.98. The summed E-state index contributed by atoms with van der Waals surface area (Å²) in [6.07, 6.45) is -0.0348. The highest BCUT2D eigenvalue weighted by atomic mass is 35.5. The van der Waals surface area contributed by atoms with Gasteiger partial charge in [0, 0.05) is 26.6 Å². The number of halogens is 5. The number of thiocarbonyl (C=S) groups is 1. The van der Waals surface area contributed by atoms with Crippen molar-refractivity contribution in [3.8, 4) is 10.6 Å². The van der Waals surface area contributed by atoms with Crippen LogP contribution in [0.1, 0.15) is 46.4 Å². The molecule has 2 aromatic carbocycles. The van der Waals surface area contributed by atoms with Gasteiger partial charge in [-0.05, 0) is 50.2 Å². The van der Waals surface area contributed by atoms with Gasteiger partial charge in [0.05, 0.1) is 41.3 Å². The molecule has 14 heteroatoms. The number of carbonyl (C=O) groups excluding carboxylic acids is 3. The molecule has 0 saturated carbocycles. The van der Waals surface area contributed by atoms with Crippen molar-refractivity contribution in [2.75, 3.05) is 19.1 Å². The van der Waals surface area contributed by atoms with Gasteiger partial charge in [0.15, 0.2) is 5.78 Å². The van der Waals surface area contributed by atoms with E-state index in [1.165, 1.54) is 11.3 Å². The lowest BCUT2D eigenvalue weighted by molar-refractivity contribution is -0.145. The second-order valence-corrected chi connectivity index (χ2v) is 10.6. The summed E-state index contributed by atoms with van der Waals surface area (Å²) >= 11 is 34.7. The zero-order chi connectivity index (χ0) is 30.2. The Kier molecular flexibility index (Phi) is 22.6. The predicted molar refractivity (Wildman–Crippen MR) is 181 cm³/mol. The molecule has 0 unspecified atom stereocenters. The predicted octanol–water partition coefficient (Wildman–Crippen LogP) is 8.87. The topological polar surface area (TPSA) is 109 Å². The summed E-state index contributed by atoms with van der Waals surface area (Å²) in [7, 11) is 0. The van der Waals surface area contributed by atoms with E-state index in [0.717, 1.165) is 10.6 Å². The zero-order valence-electron chi connectivity index (χ0n) is 21.3. The van der Waals surface area contributed by atoms with Crippen LogP contribution in [0.3, 0.4) is 0 Å². The Labute approximate surface area is 281 Å². The van der Waals surface area contributed by atoms with Gasteiger partial charge in [-0.3, -0.25) is 14.4 Å². The minimum atomic E-state index is -0.506. The normalized spacial score (nSPS) is 9.40. The number of esters is 2. The number of Topliss-reactive ketones (excluding diaryl/α,β-unsaturated/α-hetero) is 1. The Morgan fingerprint density at radius 1 is 0.905 bits per heavy atom. The number of alkyl halides is 1. The molecule has 0 radical (unpaired) electrons. The SMILES string of the molecule is C.C.CCOC(=O)CC(=O)CCl.CCOC(=O)Cc1csc(-c2ccc(Cl)cc2Cl)n1.NC(=S)c1ccc(Cl)cc1Cl. The van der Waals surface area contributed by atoms with Gasteiger partial charge in [0.1, 0.15) is 16.4 Å². The first-order valence-corrected chi connectivity index (χ1v) is 14.8. The van der Waals surface area contributed by atoms with Crippen molar-refractivity contribution in [1.82, 2.24) is 4.98 Å². The van der Waals surface area contributed by atoms with E-state index in [-0.39, 0.29) is 50.3 Å². The van der Waals surface area contributed by atoms with Crippen LogP contribution in [-0.2, 0) is 30.3 Å². The number of hydrogen-bond donors (Lipinski definition) is 1. The summed E-state index contributed by atoms with van der Waals surface area (Å²) in [5.41, 5.74) is 7.52. The van der Waals surface area contributed by atoms with Crippen LogP contribution in [0.4, 0.5) is 0 Å². The number of ketones is 1. The van der Waals surface area contributed by atoms with Crippen LogP contribution >= 0.6 is 81.6 Å². The number of hydrogen-bond acceptors (Lipinski definition) is 8.